The van der Waals surface area contributed by atoms with Gasteiger partial charge in [0.2, 0.25) is 0 Å². The molecular weight excluding hydrogens is 362 g/mol. The molecule has 1 atom stereocenters. The number of amides is 1. The molecule has 2 aromatic carbocycles. The molecular formula is C21H17NO2S2. The lowest BCUT2D eigenvalue weighted by Crippen LogP contribution is -2.22. The third-order valence-electron chi connectivity index (χ3n) is 4.27. The molecule has 4 rings (SSSR count). The highest BCUT2D eigenvalue weighted by Gasteiger charge is 2.14. The van der Waals surface area contributed by atoms with Crippen LogP contribution < -0.4 is 5.32 Å². The number of thiophene rings is 2. The molecule has 0 saturated carbocycles. The van der Waals surface area contributed by atoms with Gasteiger partial charge in [-0.2, -0.15) is 11.3 Å². The minimum absolute atomic E-state index is 0.0878. The summed E-state index contributed by atoms with van der Waals surface area (Å²) in [5, 5.41) is 19.3. The van der Waals surface area contributed by atoms with Gasteiger partial charge in [0.05, 0.1) is 6.54 Å². The van der Waals surface area contributed by atoms with Crippen LogP contribution in [0.3, 0.4) is 0 Å². The SMILES string of the molecule is O=C(NCc1ccc(C(O)c2ccsc2)s1)c1cccc2ccccc12. The van der Waals surface area contributed by atoms with Crippen molar-refractivity contribution in [3.8, 4) is 0 Å². The first-order chi connectivity index (χ1) is 12.7. The van der Waals surface area contributed by atoms with E-state index in [2.05, 4.69) is 5.32 Å². The molecule has 0 bridgehead atoms. The number of hydrogen-bond donors (Lipinski definition) is 2. The van der Waals surface area contributed by atoms with Crippen molar-refractivity contribution in [2.45, 2.75) is 12.6 Å². The highest BCUT2D eigenvalue weighted by atomic mass is 32.1. The van der Waals surface area contributed by atoms with Crippen LogP contribution in [0.2, 0.25) is 0 Å². The van der Waals surface area contributed by atoms with Crippen molar-refractivity contribution in [3.05, 3.63) is 92.3 Å². The summed E-state index contributed by atoms with van der Waals surface area (Å²) in [6.45, 7) is 0.447. The van der Waals surface area contributed by atoms with Crippen LogP contribution in [0.25, 0.3) is 10.8 Å². The number of carbonyl (C=O) groups excluding carboxylic acids is 1. The van der Waals surface area contributed by atoms with Gasteiger partial charge in [-0.15, -0.1) is 11.3 Å². The first-order valence-electron chi connectivity index (χ1n) is 8.27. The summed E-state index contributed by atoms with van der Waals surface area (Å²) in [7, 11) is 0. The third kappa shape index (κ3) is 3.42. The predicted octanol–water partition coefficient (Wildman–Crippen LogP) is 4.97. The van der Waals surface area contributed by atoms with Crippen molar-refractivity contribution in [1.29, 1.82) is 0 Å². The number of carbonyl (C=O) groups is 1. The number of benzene rings is 2. The van der Waals surface area contributed by atoms with E-state index in [0.717, 1.165) is 26.1 Å². The van der Waals surface area contributed by atoms with Gasteiger partial charge in [0.1, 0.15) is 6.10 Å². The van der Waals surface area contributed by atoms with E-state index in [9.17, 15) is 9.90 Å². The zero-order valence-corrected chi connectivity index (χ0v) is 15.5. The van der Waals surface area contributed by atoms with E-state index in [1.54, 1.807) is 11.3 Å². The molecule has 2 aromatic heterocycles. The van der Waals surface area contributed by atoms with E-state index in [-0.39, 0.29) is 5.91 Å². The topological polar surface area (TPSA) is 49.3 Å². The standard InChI is InChI=1S/C21H17NO2S2/c23-20(15-10-11-25-13-15)19-9-8-16(26-19)12-22-21(24)18-7-3-5-14-4-1-2-6-17(14)18/h1-11,13,20,23H,12H2,(H,22,24). The highest BCUT2D eigenvalue weighted by Crippen LogP contribution is 2.29. The fraction of sp³-hybridized carbons (Fsp3) is 0.0952. The third-order valence-corrected chi connectivity index (χ3v) is 6.11. The van der Waals surface area contributed by atoms with Crippen LogP contribution in [0.15, 0.2) is 71.4 Å². The minimum atomic E-state index is -0.603. The molecule has 1 unspecified atom stereocenters. The van der Waals surface area contributed by atoms with Crippen LogP contribution in [0, 0.1) is 0 Å². The van der Waals surface area contributed by atoms with Crippen LogP contribution in [-0.4, -0.2) is 11.0 Å². The second kappa shape index (κ2) is 7.41. The van der Waals surface area contributed by atoms with Gasteiger partial charge in [0.15, 0.2) is 0 Å². The van der Waals surface area contributed by atoms with Crippen molar-refractivity contribution in [2.75, 3.05) is 0 Å². The normalized spacial score (nSPS) is 12.2. The molecule has 4 aromatic rings. The molecule has 0 radical (unpaired) electrons. The van der Waals surface area contributed by atoms with E-state index in [0.29, 0.717) is 12.1 Å². The average molecular weight is 380 g/mol. The fourth-order valence-electron chi connectivity index (χ4n) is 2.92. The Morgan fingerprint density at radius 2 is 1.88 bits per heavy atom. The molecule has 1 amide bonds. The lowest BCUT2D eigenvalue weighted by Gasteiger charge is -2.08. The Labute approximate surface area is 159 Å². The molecule has 0 spiro atoms. The van der Waals surface area contributed by atoms with Crippen molar-refractivity contribution < 1.29 is 9.90 Å². The van der Waals surface area contributed by atoms with Gasteiger partial charge in [-0.3, -0.25) is 4.79 Å². The molecule has 130 valence electrons. The Morgan fingerprint density at radius 3 is 2.73 bits per heavy atom. The first kappa shape index (κ1) is 17.0. The summed E-state index contributed by atoms with van der Waals surface area (Å²) in [5.74, 6) is -0.0878. The van der Waals surface area contributed by atoms with E-state index in [1.165, 1.54) is 11.3 Å². The zero-order valence-electron chi connectivity index (χ0n) is 13.9. The predicted molar refractivity (Wildman–Crippen MR) is 108 cm³/mol. The zero-order chi connectivity index (χ0) is 17.9. The van der Waals surface area contributed by atoms with E-state index in [4.69, 9.17) is 0 Å². The average Bonchev–Trinajstić information content (AvgIpc) is 3.37. The Kier molecular flexibility index (Phi) is 4.84. The quantitative estimate of drug-likeness (QED) is 0.514. The Bertz CT molecular complexity index is 1030. The molecule has 0 fully saturated rings. The van der Waals surface area contributed by atoms with Crippen LogP contribution >= 0.6 is 22.7 Å². The van der Waals surface area contributed by atoms with Crippen LogP contribution in [0.5, 0.6) is 0 Å². The van der Waals surface area contributed by atoms with Gasteiger partial charge in [-0.1, -0.05) is 36.4 Å². The van der Waals surface area contributed by atoms with E-state index < -0.39 is 6.10 Å². The maximum atomic E-state index is 12.6. The number of hydrogen-bond acceptors (Lipinski definition) is 4. The molecule has 2 heterocycles. The monoisotopic (exact) mass is 379 g/mol. The smallest absolute Gasteiger partial charge is 0.252 e. The Morgan fingerprint density at radius 1 is 1.04 bits per heavy atom. The van der Waals surface area contributed by atoms with Gasteiger partial charge in [-0.05, 0) is 51.4 Å². The summed E-state index contributed by atoms with van der Waals surface area (Å²) in [6, 6.07) is 19.4. The number of fused-ring (bicyclic) bond motifs is 1. The van der Waals surface area contributed by atoms with Crippen molar-refractivity contribution in [1.82, 2.24) is 5.32 Å². The Hall–Kier alpha value is -2.47. The summed E-state index contributed by atoms with van der Waals surface area (Å²) in [5.41, 5.74) is 1.58. The molecule has 0 saturated heterocycles. The summed E-state index contributed by atoms with van der Waals surface area (Å²) in [6.07, 6.45) is -0.603. The molecule has 5 heteroatoms. The molecule has 0 aliphatic heterocycles. The van der Waals surface area contributed by atoms with Gasteiger partial charge in [-0.25, -0.2) is 0 Å². The molecule has 26 heavy (non-hydrogen) atoms. The van der Waals surface area contributed by atoms with Crippen LogP contribution in [0.1, 0.15) is 31.8 Å². The summed E-state index contributed by atoms with van der Waals surface area (Å²) in [4.78, 5) is 14.5. The molecule has 0 aliphatic rings. The van der Waals surface area contributed by atoms with Crippen molar-refractivity contribution in [3.63, 3.8) is 0 Å². The van der Waals surface area contributed by atoms with Gasteiger partial charge >= 0.3 is 0 Å². The summed E-state index contributed by atoms with van der Waals surface area (Å²) < 4.78 is 0. The number of rotatable bonds is 5. The van der Waals surface area contributed by atoms with E-state index >= 15 is 0 Å². The van der Waals surface area contributed by atoms with Gasteiger partial charge < -0.3 is 10.4 Å². The van der Waals surface area contributed by atoms with Crippen LogP contribution in [0.4, 0.5) is 0 Å². The highest BCUT2D eigenvalue weighted by molar-refractivity contribution is 7.12. The lowest BCUT2D eigenvalue weighted by atomic mass is 10.0. The second-order valence-corrected chi connectivity index (χ2v) is 7.95. The number of aliphatic hydroxyl groups is 1. The van der Waals surface area contributed by atoms with Gasteiger partial charge in [0.25, 0.3) is 5.91 Å². The maximum absolute atomic E-state index is 12.6. The first-order valence-corrected chi connectivity index (χ1v) is 10.0. The summed E-state index contributed by atoms with van der Waals surface area (Å²) >= 11 is 3.09. The largest absolute Gasteiger partial charge is 0.383 e. The van der Waals surface area contributed by atoms with E-state index in [1.807, 2.05) is 71.4 Å². The second-order valence-electron chi connectivity index (χ2n) is 5.97. The Balaban J connectivity index is 1.46. The number of aliphatic hydroxyl groups excluding tert-OH is 1. The molecule has 3 nitrogen and oxygen atoms in total. The van der Waals surface area contributed by atoms with Crippen molar-refractivity contribution >= 4 is 39.4 Å². The maximum Gasteiger partial charge on any atom is 0.252 e. The molecule has 2 N–H and O–H groups in total. The van der Waals surface area contributed by atoms with Gasteiger partial charge in [0, 0.05) is 15.3 Å². The minimum Gasteiger partial charge on any atom is -0.383 e. The van der Waals surface area contributed by atoms with Crippen molar-refractivity contribution in [2.24, 2.45) is 0 Å². The molecule has 0 aliphatic carbocycles. The lowest BCUT2D eigenvalue weighted by molar-refractivity contribution is 0.0953. The van der Waals surface area contributed by atoms with Crippen LogP contribution in [-0.2, 0) is 6.54 Å². The fourth-order valence-corrected chi connectivity index (χ4v) is 4.56. The number of nitrogens with one attached hydrogen (secondary N) is 1.